The van der Waals surface area contributed by atoms with Gasteiger partial charge in [-0.05, 0) is 45.0 Å². The van der Waals surface area contributed by atoms with Crippen LogP contribution in [0.5, 0.6) is 5.88 Å². The van der Waals surface area contributed by atoms with Gasteiger partial charge in [0.25, 0.3) is 0 Å². The van der Waals surface area contributed by atoms with Crippen molar-refractivity contribution in [2.45, 2.75) is 32.2 Å². The van der Waals surface area contributed by atoms with Gasteiger partial charge in [-0.3, -0.25) is 4.90 Å². The molecule has 0 N–H and O–H groups in total. The molecule has 0 bridgehead atoms. The summed E-state index contributed by atoms with van der Waals surface area (Å²) in [7, 11) is 3.87. The summed E-state index contributed by atoms with van der Waals surface area (Å²) in [4.78, 5) is 6.78. The van der Waals surface area contributed by atoms with E-state index in [2.05, 4.69) is 29.9 Å². The van der Waals surface area contributed by atoms with Gasteiger partial charge in [0.2, 0.25) is 5.88 Å². The van der Waals surface area contributed by atoms with Gasteiger partial charge in [0.05, 0.1) is 7.11 Å². The van der Waals surface area contributed by atoms with E-state index >= 15 is 0 Å². The lowest BCUT2D eigenvalue weighted by molar-refractivity contribution is 0.187. The monoisotopic (exact) mass is 220 g/mol. The summed E-state index contributed by atoms with van der Waals surface area (Å²) in [5.74, 6) is 0.738. The number of methoxy groups -OCH3 is 1. The zero-order valence-corrected chi connectivity index (χ0v) is 10.4. The van der Waals surface area contributed by atoms with Gasteiger partial charge in [0.1, 0.15) is 0 Å². The molecule has 2 rings (SSSR count). The fraction of sp³-hybridized carbons (Fsp3) is 0.615. The normalized spacial score (nSPS) is 22.1. The molecule has 1 saturated heterocycles. The Labute approximate surface area is 97.4 Å². The molecule has 2 heterocycles. The summed E-state index contributed by atoms with van der Waals surface area (Å²) in [5.41, 5.74) is 2.44. The van der Waals surface area contributed by atoms with Crippen LogP contribution in [0.25, 0.3) is 0 Å². The Balaban J connectivity index is 2.22. The molecular formula is C13H20N2O. The largest absolute Gasteiger partial charge is 0.481 e. The molecule has 0 radical (unpaired) electrons. The van der Waals surface area contributed by atoms with E-state index in [0.29, 0.717) is 6.04 Å². The first kappa shape index (κ1) is 11.4. The number of aromatic nitrogens is 1. The lowest BCUT2D eigenvalue weighted by Crippen LogP contribution is -2.29. The van der Waals surface area contributed by atoms with Gasteiger partial charge in [-0.15, -0.1) is 0 Å². The molecule has 1 aromatic rings. The van der Waals surface area contributed by atoms with Crippen molar-refractivity contribution < 1.29 is 4.74 Å². The average Bonchev–Trinajstić information content (AvgIpc) is 2.29. The quantitative estimate of drug-likeness (QED) is 0.766. The van der Waals surface area contributed by atoms with Gasteiger partial charge >= 0.3 is 0 Å². The second kappa shape index (κ2) is 4.83. The van der Waals surface area contributed by atoms with Crippen molar-refractivity contribution in [3.8, 4) is 5.88 Å². The van der Waals surface area contributed by atoms with Crippen molar-refractivity contribution in [1.29, 1.82) is 0 Å². The number of pyridine rings is 1. The number of piperidine rings is 1. The SMILES string of the molecule is COc1ncc([C@@H]2CCCCN2C)cc1C. The van der Waals surface area contributed by atoms with E-state index in [0.717, 1.165) is 11.4 Å². The summed E-state index contributed by atoms with van der Waals surface area (Å²) < 4.78 is 5.19. The van der Waals surface area contributed by atoms with E-state index < -0.39 is 0 Å². The topological polar surface area (TPSA) is 25.4 Å². The number of hydrogen-bond acceptors (Lipinski definition) is 3. The summed E-state index contributed by atoms with van der Waals surface area (Å²) in [6, 6.07) is 2.74. The number of aryl methyl sites for hydroxylation is 1. The standard InChI is InChI=1S/C13H20N2O/c1-10-8-11(9-14-13(10)16-3)12-6-4-5-7-15(12)2/h8-9,12H,4-7H2,1-3H3/t12-/m0/s1. The summed E-state index contributed by atoms with van der Waals surface area (Å²) in [6.45, 7) is 3.24. The highest BCUT2D eigenvalue weighted by atomic mass is 16.5. The van der Waals surface area contributed by atoms with Gasteiger partial charge in [0, 0.05) is 17.8 Å². The van der Waals surface area contributed by atoms with Gasteiger partial charge in [-0.25, -0.2) is 4.98 Å². The van der Waals surface area contributed by atoms with Crippen molar-refractivity contribution in [1.82, 2.24) is 9.88 Å². The van der Waals surface area contributed by atoms with E-state index in [9.17, 15) is 0 Å². The van der Waals surface area contributed by atoms with E-state index in [1.54, 1.807) is 7.11 Å². The van der Waals surface area contributed by atoms with Crippen molar-refractivity contribution in [3.05, 3.63) is 23.4 Å². The van der Waals surface area contributed by atoms with E-state index in [1.165, 1.54) is 31.4 Å². The number of rotatable bonds is 2. The molecule has 0 spiro atoms. The molecule has 1 atom stereocenters. The minimum Gasteiger partial charge on any atom is -0.481 e. The minimum atomic E-state index is 0.533. The molecule has 16 heavy (non-hydrogen) atoms. The van der Waals surface area contributed by atoms with Crippen LogP contribution in [0.15, 0.2) is 12.3 Å². The first-order valence-electron chi connectivity index (χ1n) is 5.93. The molecule has 0 aromatic carbocycles. The lowest BCUT2D eigenvalue weighted by atomic mass is 9.96. The van der Waals surface area contributed by atoms with Gasteiger partial charge in [0.15, 0.2) is 0 Å². The molecule has 0 amide bonds. The molecule has 0 unspecified atom stereocenters. The Bertz CT molecular complexity index is 365. The number of ether oxygens (including phenoxy) is 1. The van der Waals surface area contributed by atoms with Crippen molar-refractivity contribution in [2.75, 3.05) is 20.7 Å². The Morgan fingerprint density at radius 2 is 2.25 bits per heavy atom. The molecule has 0 aliphatic carbocycles. The third kappa shape index (κ3) is 2.19. The van der Waals surface area contributed by atoms with Crippen molar-refractivity contribution >= 4 is 0 Å². The minimum absolute atomic E-state index is 0.533. The zero-order valence-electron chi connectivity index (χ0n) is 10.4. The highest BCUT2D eigenvalue weighted by Crippen LogP contribution is 2.30. The molecular weight excluding hydrogens is 200 g/mol. The predicted octanol–water partition coefficient (Wildman–Crippen LogP) is 2.56. The maximum atomic E-state index is 5.19. The van der Waals surface area contributed by atoms with Crippen LogP contribution in [-0.4, -0.2) is 30.6 Å². The van der Waals surface area contributed by atoms with Crippen LogP contribution in [-0.2, 0) is 0 Å². The molecule has 3 nitrogen and oxygen atoms in total. The smallest absolute Gasteiger partial charge is 0.215 e. The molecule has 88 valence electrons. The van der Waals surface area contributed by atoms with Crippen LogP contribution < -0.4 is 4.74 Å². The van der Waals surface area contributed by atoms with Crippen molar-refractivity contribution in [2.24, 2.45) is 0 Å². The third-order valence-electron chi connectivity index (χ3n) is 3.40. The van der Waals surface area contributed by atoms with Crippen molar-refractivity contribution in [3.63, 3.8) is 0 Å². The zero-order chi connectivity index (χ0) is 11.5. The number of nitrogens with zero attached hydrogens (tertiary/aromatic N) is 2. The molecule has 1 aliphatic heterocycles. The van der Waals surface area contributed by atoms with Gasteiger partial charge in [-0.1, -0.05) is 6.42 Å². The van der Waals surface area contributed by atoms with E-state index in [1.807, 2.05) is 6.20 Å². The summed E-state index contributed by atoms with van der Waals surface area (Å²) in [5, 5.41) is 0. The predicted molar refractivity (Wildman–Crippen MR) is 64.7 cm³/mol. The van der Waals surface area contributed by atoms with Crippen LogP contribution in [0.2, 0.25) is 0 Å². The Kier molecular flexibility index (Phi) is 3.44. The summed E-state index contributed by atoms with van der Waals surface area (Å²) in [6.07, 6.45) is 5.83. The van der Waals surface area contributed by atoms with Crippen LogP contribution in [0.4, 0.5) is 0 Å². The Hall–Kier alpha value is -1.09. The van der Waals surface area contributed by atoms with Crippen LogP contribution in [0, 0.1) is 6.92 Å². The second-order valence-corrected chi connectivity index (χ2v) is 4.59. The average molecular weight is 220 g/mol. The van der Waals surface area contributed by atoms with Gasteiger partial charge in [-0.2, -0.15) is 0 Å². The Morgan fingerprint density at radius 3 is 2.88 bits per heavy atom. The molecule has 3 heteroatoms. The van der Waals surface area contributed by atoms with Gasteiger partial charge < -0.3 is 4.74 Å². The van der Waals surface area contributed by atoms with Crippen LogP contribution in [0.1, 0.15) is 36.4 Å². The fourth-order valence-corrected chi connectivity index (χ4v) is 2.48. The van der Waals surface area contributed by atoms with E-state index in [4.69, 9.17) is 4.74 Å². The first-order chi connectivity index (χ1) is 7.72. The second-order valence-electron chi connectivity index (χ2n) is 4.59. The molecule has 1 aromatic heterocycles. The number of likely N-dealkylation sites (tertiary alicyclic amines) is 1. The molecule has 1 aliphatic rings. The van der Waals surface area contributed by atoms with E-state index in [-0.39, 0.29) is 0 Å². The fourth-order valence-electron chi connectivity index (χ4n) is 2.48. The van der Waals surface area contributed by atoms with Crippen LogP contribution >= 0.6 is 0 Å². The third-order valence-corrected chi connectivity index (χ3v) is 3.40. The molecule has 0 saturated carbocycles. The molecule has 1 fully saturated rings. The maximum absolute atomic E-state index is 5.19. The highest BCUT2D eigenvalue weighted by Gasteiger charge is 2.21. The summed E-state index contributed by atoms with van der Waals surface area (Å²) >= 11 is 0. The lowest BCUT2D eigenvalue weighted by Gasteiger charge is -2.32. The first-order valence-corrected chi connectivity index (χ1v) is 5.93. The number of hydrogen-bond donors (Lipinski definition) is 0. The Morgan fingerprint density at radius 1 is 1.44 bits per heavy atom. The van der Waals surface area contributed by atoms with Crippen LogP contribution in [0.3, 0.4) is 0 Å². The highest BCUT2D eigenvalue weighted by molar-refractivity contribution is 5.30. The maximum Gasteiger partial charge on any atom is 0.215 e.